The maximum absolute atomic E-state index is 11.8. The summed E-state index contributed by atoms with van der Waals surface area (Å²) in [6, 6.07) is -1.06. The highest BCUT2D eigenvalue weighted by Crippen LogP contribution is 2.27. The van der Waals surface area contributed by atoms with Crippen molar-refractivity contribution in [3.05, 3.63) is 0 Å². The fraction of sp³-hybridized carbons (Fsp3) is 0.769. The first-order valence-corrected chi connectivity index (χ1v) is 6.34. The first-order chi connectivity index (χ1) is 8.54. The molecule has 0 aliphatic heterocycles. The van der Waals surface area contributed by atoms with Crippen molar-refractivity contribution >= 4 is 17.8 Å². The topological polar surface area (TPSA) is 109 Å². The fourth-order valence-corrected chi connectivity index (χ4v) is 1.38. The summed E-state index contributed by atoms with van der Waals surface area (Å²) >= 11 is 0. The molecule has 0 bridgehead atoms. The molecule has 2 unspecified atom stereocenters. The molecule has 0 aliphatic carbocycles. The van der Waals surface area contributed by atoms with Crippen LogP contribution in [0.1, 0.15) is 47.0 Å². The van der Waals surface area contributed by atoms with Crippen molar-refractivity contribution in [2.75, 3.05) is 0 Å². The predicted octanol–water partition coefficient (Wildman–Crippen LogP) is 0.894. The molecule has 0 saturated carbocycles. The normalized spacial score (nSPS) is 14.5. The van der Waals surface area contributed by atoms with Gasteiger partial charge in [0.15, 0.2) is 0 Å². The van der Waals surface area contributed by atoms with Gasteiger partial charge in [-0.3, -0.25) is 9.59 Å². The molecule has 0 radical (unpaired) electrons. The highest BCUT2D eigenvalue weighted by molar-refractivity contribution is 5.84. The Kier molecular flexibility index (Phi) is 6.52. The first kappa shape index (κ1) is 17.4. The van der Waals surface area contributed by atoms with E-state index in [-0.39, 0.29) is 36.5 Å². The second-order valence-electron chi connectivity index (χ2n) is 5.93. The number of nitrogens with two attached hydrogens (primary N) is 1. The molecule has 2 amide bonds. The average Bonchev–Trinajstić information content (AvgIpc) is 2.21. The minimum absolute atomic E-state index is 0.0142. The number of rotatable bonds is 7. The van der Waals surface area contributed by atoms with Crippen LogP contribution in [0.3, 0.4) is 0 Å². The molecule has 6 nitrogen and oxygen atoms in total. The highest BCUT2D eigenvalue weighted by atomic mass is 16.4. The van der Waals surface area contributed by atoms with E-state index >= 15 is 0 Å². The second kappa shape index (κ2) is 7.11. The van der Waals surface area contributed by atoms with Crippen molar-refractivity contribution in [3.63, 3.8) is 0 Å². The number of carbonyl (C=O) groups is 3. The largest absolute Gasteiger partial charge is 0.480 e. The van der Waals surface area contributed by atoms with Gasteiger partial charge in [0, 0.05) is 12.8 Å². The molecule has 0 aromatic heterocycles. The summed E-state index contributed by atoms with van der Waals surface area (Å²) in [6.07, 6.45) is 0.205. The predicted molar refractivity (Wildman–Crippen MR) is 71.2 cm³/mol. The number of hydrogen-bond donors (Lipinski definition) is 3. The van der Waals surface area contributed by atoms with E-state index in [9.17, 15) is 14.4 Å². The van der Waals surface area contributed by atoms with Gasteiger partial charge in [-0.25, -0.2) is 4.79 Å². The zero-order valence-electron chi connectivity index (χ0n) is 12.0. The summed E-state index contributed by atoms with van der Waals surface area (Å²) in [6.45, 7) is 8.00. The van der Waals surface area contributed by atoms with Crippen molar-refractivity contribution in [1.29, 1.82) is 0 Å². The third kappa shape index (κ3) is 7.43. The maximum Gasteiger partial charge on any atom is 0.326 e. The Labute approximate surface area is 113 Å². The van der Waals surface area contributed by atoms with Crippen molar-refractivity contribution < 1.29 is 19.5 Å². The summed E-state index contributed by atoms with van der Waals surface area (Å²) in [5, 5.41) is 11.4. The van der Waals surface area contributed by atoms with Crippen molar-refractivity contribution in [3.8, 4) is 0 Å². The number of carbonyl (C=O) groups excluding carboxylic acids is 2. The van der Waals surface area contributed by atoms with Crippen molar-refractivity contribution in [2.45, 2.75) is 53.0 Å². The lowest BCUT2D eigenvalue weighted by Gasteiger charge is -2.27. The van der Waals surface area contributed by atoms with Crippen molar-refractivity contribution in [1.82, 2.24) is 5.32 Å². The van der Waals surface area contributed by atoms with Gasteiger partial charge in [0.1, 0.15) is 6.04 Å². The molecule has 0 rings (SSSR count). The van der Waals surface area contributed by atoms with Gasteiger partial charge in [0.25, 0.3) is 0 Å². The van der Waals surface area contributed by atoms with Crippen LogP contribution in [-0.2, 0) is 14.4 Å². The molecule has 0 saturated heterocycles. The molecule has 6 heteroatoms. The summed E-state index contributed by atoms with van der Waals surface area (Å²) in [7, 11) is 0. The third-order valence-corrected chi connectivity index (χ3v) is 3.28. The van der Waals surface area contributed by atoms with Gasteiger partial charge >= 0.3 is 5.97 Å². The average molecular weight is 272 g/mol. The summed E-state index contributed by atoms with van der Waals surface area (Å²) in [5.41, 5.74) is 4.94. The Morgan fingerprint density at radius 2 is 1.79 bits per heavy atom. The number of nitrogens with one attached hydrogen (secondary N) is 1. The Morgan fingerprint density at radius 1 is 1.26 bits per heavy atom. The summed E-state index contributed by atoms with van der Waals surface area (Å²) in [4.78, 5) is 33.4. The van der Waals surface area contributed by atoms with Gasteiger partial charge in [-0.1, -0.05) is 27.7 Å². The van der Waals surface area contributed by atoms with E-state index in [0.717, 1.165) is 0 Å². The lowest BCUT2D eigenvalue weighted by molar-refractivity contribution is -0.142. The second-order valence-corrected chi connectivity index (χ2v) is 5.93. The smallest absolute Gasteiger partial charge is 0.326 e. The molecule has 0 aliphatic rings. The minimum atomic E-state index is -1.15. The van der Waals surface area contributed by atoms with Gasteiger partial charge in [-0.15, -0.1) is 0 Å². The van der Waals surface area contributed by atoms with Gasteiger partial charge in [-0.2, -0.15) is 0 Å². The lowest BCUT2D eigenvalue weighted by Crippen LogP contribution is -2.42. The van der Waals surface area contributed by atoms with Crippen LogP contribution in [0.4, 0.5) is 0 Å². The highest BCUT2D eigenvalue weighted by Gasteiger charge is 2.25. The third-order valence-electron chi connectivity index (χ3n) is 3.28. The van der Waals surface area contributed by atoms with Crippen LogP contribution in [0.25, 0.3) is 0 Å². The lowest BCUT2D eigenvalue weighted by atomic mass is 9.80. The zero-order chi connectivity index (χ0) is 15.2. The Bertz CT molecular complexity index is 347. The molecule has 110 valence electrons. The molecular weight excluding hydrogens is 248 g/mol. The molecular formula is C13H24N2O4. The Balaban J connectivity index is 4.40. The number of aliphatic carboxylic acids is 1. The molecule has 2 atom stereocenters. The molecule has 4 N–H and O–H groups in total. The summed E-state index contributed by atoms with van der Waals surface area (Å²) < 4.78 is 0. The van der Waals surface area contributed by atoms with Gasteiger partial charge < -0.3 is 16.2 Å². The molecule has 19 heavy (non-hydrogen) atoms. The van der Waals surface area contributed by atoms with E-state index in [0.29, 0.717) is 0 Å². The Morgan fingerprint density at radius 3 is 2.16 bits per heavy atom. The van der Waals surface area contributed by atoms with Crippen LogP contribution in [0.2, 0.25) is 0 Å². The van der Waals surface area contributed by atoms with Crippen LogP contribution in [0, 0.1) is 11.3 Å². The van der Waals surface area contributed by atoms with E-state index in [2.05, 4.69) is 5.32 Å². The van der Waals surface area contributed by atoms with Crippen molar-refractivity contribution in [2.24, 2.45) is 17.1 Å². The fourth-order valence-electron chi connectivity index (χ4n) is 1.38. The quantitative estimate of drug-likeness (QED) is 0.639. The van der Waals surface area contributed by atoms with Gasteiger partial charge in [-0.05, 0) is 17.8 Å². The van der Waals surface area contributed by atoms with Crippen LogP contribution in [-0.4, -0.2) is 28.9 Å². The molecule has 0 fully saturated rings. The van der Waals surface area contributed by atoms with Crippen LogP contribution in [0.5, 0.6) is 0 Å². The van der Waals surface area contributed by atoms with E-state index in [1.165, 1.54) is 0 Å². The van der Waals surface area contributed by atoms with E-state index in [4.69, 9.17) is 10.8 Å². The van der Waals surface area contributed by atoms with Gasteiger partial charge in [0.2, 0.25) is 11.8 Å². The van der Waals surface area contributed by atoms with E-state index < -0.39 is 17.9 Å². The van der Waals surface area contributed by atoms with Crippen LogP contribution < -0.4 is 11.1 Å². The van der Waals surface area contributed by atoms with Crippen LogP contribution >= 0.6 is 0 Å². The molecule has 0 heterocycles. The number of primary amides is 1. The van der Waals surface area contributed by atoms with Gasteiger partial charge in [0.05, 0.1) is 0 Å². The monoisotopic (exact) mass is 272 g/mol. The van der Waals surface area contributed by atoms with E-state index in [1.807, 2.05) is 27.7 Å². The standard InChI is InChI=1S/C13H24N2O4/c1-8(13(2,3)4)7-11(17)15-9(12(18)19)5-6-10(14)16/h8-9H,5-7H2,1-4H3,(H2,14,16)(H,15,17)(H,18,19). The zero-order valence-corrected chi connectivity index (χ0v) is 12.0. The number of amides is 2. The number of hydrogen-bond acceptors (Lipinski definition) is 3. The van der Waals surface area contributed by atoms with E-state index in [1.54, 1.807) is 0 Å². The molecule has 0 aromatic carbocycles. The minimum Gasteiger partial charge on any atom is -0.480 e. The molecule has 0 spiro atoms. The SMILES string of the molecule is CC(CC(=O)NC(CCC(N)=O)C(=O)O)C(C)(C)C. The summed E-state index contributed by atoms with van der Waals surface area (Å²) in [5.74, 6) is -1.93. The first-order valence-electron chi connectivity index (χ1n) is 6.34. The number of carboxylic acids is 1. The van der Waals surface area contributed by atoms with Crippen LogP contribution in [0.15, 0.2) is 0 Å². The maximum atomic E-state index is 11.8. The number of carboxylic acid groups (broad SMARTS) is 1. The molecule has 0 aromatic rings. The Hall–Kier alpha value is -1.59.